The van der Waals surface area contributed by atoms with Gasteiger partial charge in [0.05, 0.1) is 26.5 Å². The van der Waals surface area contributed by atoms with Gasteiger partial charge in [0, 0.05) is 11.8 Å². The number of carbonyl (C=O) groups excluding carboxylic acids is 1. The van der Waals surface area contributed by atoms with E-state index in [4.69, 9.17) is 14.0 Å². The molecule has 2 aromatic heterocycles. The number of rotatable bonds is 7. The summed E-state index contributed by atoms with van der Waals surface area (Å²) < 4.78 is 15.8. The fraction of sp³-hybridized carbons (Fsp3) is 0.250. The summed E-state index contributed by atoms with van der Waals surface area (Å²) in [7, 11) is 3.06. The number of ether oxygens (including phenoxy) is 2. The van der Waals surface area contributed by atoms with Gasteiger partial charge in [0.2, 0.25) is 0 Å². The van der Waals surface area contributed by atoms with E-state index < -0.39 is 12.0 Å². The zero-order chi connectivity index (χ0) is 20.1. The van der Waals surface area contributed by atoms with Crippen molar-refractivity contribution in [2.45, 2.75) is 19.6 Å². The third-order valence-electron chi connectivity index (χ3n) is 4.14. The highest BCUT2D eigenvalue weighted by Gasteiger charge is 2.27. The Labute approximate surface area is 162 Å². The summed E-state index contributed by atoms with van der Waals surface area (Å²) in [5.74, 6) is 0.698. The Morgan fingerprint density at radius 3 is 2.64 bits per heavy atom. The molecule has 2 heterocycles. The van der Waals surface area contributed by atoms with Crippen LogP contribution in [-0.4, -0.2) is 35.4 Å². The summed E-state index contributed by atoms with van der Waals surface area (Å²) in [5.41, 5.74) is 1.77. The van der Waals surface area contributed by atoms with Crippen molar-refractivity contribution in [3.63, 3.8) is 0 Å². The van der Waals surface area contributed by atoms with Gasteiger partial charge in [0.15, 0.2) is 17.3 Å². The minimum atomic E-state index is -1.00. The number of hydrogen-bond donors (Lipinski definition) is 2. The third-order valence-corrected chi connectivity index (χ3v) is 4.14. The number of nitrogens with zero attached hydrogens (tertiary/aromatic N) is 2. The van der Waals surface area contributed by atoms with Gasteiger partial charge in [-0.05, 0) is 37.3 Å². The molecular formula is C20H21N3O5. The first kappa shape index (κ1) is 19.4. The van der Waals surface area contributed by atoms with E-state index in [0.717, 1.165) is 0 Å². The molecule has 8 heteroatoms. The van der Waals surface area contributed by atoms with E-state index in [1.165, 1.54) is 21.1 Å². The fourth-order valence-electron chi connectivity index (χ4n) is 2.75. The van der Waals surface area contributed by atoms with Crippen LogP contribution in [0.1, 0.15) is 34.8 Å². The maximum atomic E-state index is 12.9. The summed E-state index contributed by atoms with van der Waals surface area (Å²) in [5, 5.41) is 16.8. The predicted molar refractivity (Wildman–Crippen MR) is 101 cm³/mol. The molecule has 0 aliphatic heterocycles. The molecule has 0 bridgehead atoms. The van der Waals surface area contributed by atoms with E-state index in [1.807, 2.05) is 6.07 Å². The minimum Gasteiger partial charge on any atom is -0.493 e. The van der Waals surface area contributed by atoms with Gasteiger partial charge in [-0.15, -0.1) is 0 Å². The predicted octanol–water partition coefficient (Wildman–Crippen LogP) is 2.74. The van der Waals surface area contributed by atoms with Crippen LogP contribution in [0.25, 0.3) is 11.3 Å². The molecule has 0 spiro atoms. The molecule has 146 valence electrons. The van der Waals surface area contributed by atoms with Crippen molar-refractivity contribution in [1.29, 1.82) is 0 Å². The van der Waals surface area contributed by atoms with Crippen molar-refractivity contribution in [2.75, 3.05) is 14.2 Å². The Balaban J connectivity index is 1.96. The van der Waals surface area contributed by atoms with Crippen molar-refractivity contribution in [1.82, 2.24) is 15.5 Å². The average Bonchev–Trinajstić information content (AvgIpc) is 3.17. The number of aromatic nitrogens is 2. The van der Waals surface area contributed by atoms with Crippen LogP contribution < -0.4 is 14.8 Å². The number of pyridine rings is 1. The molecule has 2 N–H and O–H groups in total. The smallest absolute Gasteiger partial charge is 0.257 e. The van der Waals surface area contributed by atoms with Gasteiger partial charge < -0.3 is 24.4 Å². The van der Waals surface area contributed by atoms with Gasteiger partial charge in [-0.25, -0.2) is 0 Å². The highest BCUT2D eigenvalue weighted by Crippen LogP contribution is 2.35. The Morgan fingerprint density at radius 1 is 1.21 bits per heavy atom. The number of carbonyl (C=O) groups is 1. The van der Waals surface area contributed by atoms with Crippen LogP contribution in [0.4, 0.5) is 0 Å². The zero-order valence-corrected chi connectivity index (χ0v) is 15.8. The molecule has 0 fully saturated rings. The number of methoxy groups -OCH3 is 2. The summed E-state index contributed by atoms with van der Waals surface area (Å²) in [4.78, 5) is 17.0. The number of aliphatic hydroxyl groups excluding tert-OH is 1. The molecule has 28 heavy (non-hydrogen) atoms. The minimum absolute atomic E-state index is 0.0864. The first-order valence-corrected chi connectivity index (χ1v) is 8.63. The number of hydrogen-bond acceptors (Lipinski definition) is 7. The standard InChI is InChI=1S/C20H21N3O5/c1-12(24)19-17(20(25)22-11-14-6-4-5-9-21-14)18(23-28-19)13-7-8-15(26-2)16(10-13)27-3/h4-10,12,24H,11H2,1-3H3,(H,22,25)/t12-/m0/s1. The van der Waals surface area contributed by atoms with Gasteiger partial charge in [-0.1, -0.05) is 11.2 Å². The number of benzene rings is 1. The van der Waals surface area contributed by atoms with E-state index in [9.17, 15) is 9.90 Å². The molecule has 0 unspecified atom stereocenters. The van der Waals surface area contributed by atoms with Gasteiger partial charge in [-0.2, -0.15) is 0 Å². The highest BCUT2D eigenvalue weighted by molar-refractivity contribution is 6.01. The van der Waals surface area contributed by atoms with E-state index in [0.29, 0.717) is 28.5 Å². The van der Waals surface area contributed by atoms with Crippen LogP contribution >= 0.6 is 0 Å². The lowest BCUT2D eigenvalue weighted by Gasteiger charge is -2.10. The molecule has 0 saturated carbocycles. The molecule has 3 aromatic rings. The summed E-state index contributed by atoms with van der Waals surface area (Å²) >= 11 is 0. The van der Waals surface area contributed by atoms with Crippen LogP contribution in [0.15, 0.2) is 47.1 Å². The molecule has 1 amide bonds. The monoisotopic (exact) mass is 383 g/mol. The number of amides is 1. The largest absolute Gasteiger partial charge is 0.493 e. The van der Waals surface area contributed by atoms with Crippen molar-refractivity contribution >= 4 is 5.91 Å². The summed E-state index contributed by atoms with van der Waals surface area (Å²) in [6.45, 7) is 1.74. The van der Waals surface area contributed by atoms with Crippen molar-refractivity contribution in [3.05, 3.63) is 59.6 Å². The molecule has 1 aromatic carbocycles. The molecular weight excluding hydrogens is 362 g/mol. The fourth-order valence-corrected chi connectivity index (χ4v) is 2.75. The van der Waals surface area contributed by atoms with Crippen molar-refractivity contribution in [3.8, 4) is 22.8 Å². The maximum absolute atomic E-state index is 12.9. The van der Waals surface area contributed by atoms with E-state index >= 15 is 0 Å². The van der Waals surface area contributed by atoms with E-state index in [2.05, 4.69) is 15.5 Å². The SMILES string of the molecule is COc1ccc(-c2noc([C@H](C)O)c2C(=O)NCc2ccccn2)cc1OC. The van der Waals surface area contributed by atoms with Crippen LogP contribution in [-0.2, 0) is 6.54 Å². The Bertz CT molecular complexity index is 954. The topological polar surface area (TPSA) is 107 Å². The lowest BCUT2D eigenvalue weighted by atomic mass is 10.0. The number of nitrogens with one attached hydrogen (secondary N) is 1. The van der Waals surface area contributed by atoms with Crippen LogP contribution in [0.3, 0.4) is 0 Å². The lowest BCUT2D eigenvalue weighted by Crippen LogP contribution is -2.24. The second kappa shape index (κ2) is 8.53. The average molecular weight is 383 g/mol. The van der Waals surface area contributed by atoms with Gasteiger partial charge >= 0.3 is 0 Å². The summed E-state index contributed by atoms with van der Waals surface area (Å²) in [6, 6.07) is 10.6. The maximum Gasteiger partial charge on any atom is 0.257 e. The number of aliphatic hydroxyl groups is 1. The van der Waals surface area contributed by atoms with Crippen LogP contribution in [0, 0.1) is 0 Å². The van der Waals surface area contributed by atoms with Gasteiger partial charge in [0.25, 0.3) is 5.91 Å². The molecule has 0 radical (unpaired) electrons. The van der Waals surface area contributed by atoms with E-state index in [-0.39, 0.29) is 17.9 Å². The summed E-state index contributed by atoms with van der Waals surface area (Å²) in [6.07, 6.45) is 0.647. The van der Waals surface area contributed by atoms with Gasteiger partial charge in [0.1, 0.15) is 17.4 Å². The molecule has 0 aliphatic carbocycles. The third kappa shape index (κ3) is 3.96. The second-order valence-electron chi connectivity index (χ2n) is 6.02. The molecule has 1 atom stereocenters. The normalized spacial score (nSPS) is 11.7. The van der Waals surface area contributed by atoms with Crippen molar-refractivity contribution < 1.29 is 23.9 Å². The zero-order valence-electron chi connectivity index (χ0n) is 15.8. The quantitative estimate of drug-likeness (QED) is 0.646. The molecule has 0 saturated heterocycles. The highest BCUT2D eigenvalue weighted by atomic mass is 16.5. The molecule has 3 rings (SSSR count). The van der Waals surface area contributed by atoms with Crippen LogP contribution in [0.2, 0.25) is 0 Å². The first-order valence-electron chi connectivity index (χ1n) is 8.63. The lowest BCUT2D eigenvalue weighted by molar-refractivity contribution is 0.0937. The first-order chi connectivity index (χ1) is 13.5. The van der Waals surface area contributed by atoms with Crippen molar-refractivity contribution in [2.24, 2.45) is 0 Å². The molecule has 8 nitrogen and oxygen atoms in total. The van der Waals surface area contributed by atoms with Gasteiger partial charge in [-0.3, -0.25) is 9.78 Å². The Morgan fingerprint density at radius 2 is 2.00 bits per heavy atom. The molecule has 0 aliphatic rings. The Hall–Kier alpha value is -3.39. The van der Waals surface area contributed by atoms with Crippen LogP contribution in [0.5, 0.6) is 11.5 Å². The second-order valence-corrected chi connectivity index (χ2v) is 6.02. The Kier molecular flexibility index (Phi) is 5.90. The van der Waals surface area contributed by atoms with E-state index in [1.54, 1.807) is 36.5 Å².